The average Bonchev–Trinajstić information content (AvgIpc) is 2.76. The maximum Gasteiger partial charge on any atom is 0.416 e. The second-order valence-electron chi connectivity index (χ2n) is 7.03. The van der Waals surface area contributed by atoms with Crippen molar-refractivity contribution in [3.63, 3.8) is 0 Å². The molecular weight excluding hydrogens is 423 g/mol. The Morgan fingerprint density at radius 3 is 2.31 bits per heavy atom. The number of aliphatic carboxylic acids is 1. The maximum atomic E-state index is 13.3. The van der Waals surface area contributed by atoms with Crippen LogP contribution in [0.25, 0.3) is 11.1 Å². The Morgan fingerprint density at radius 1 is 0.969 bits per heavy atom. The number of para-hydroxylation sites is 1. The molecule has 0 aromatic heterocycles. The molecule has 0 saturated heterocycles. The molecule has 0 radical (unpaired) electrons. The van der Waals surface area contributed by atoms with Gasteiger partial charge in [-0.2, -0.15) is 13.2 Å². The third-order valence-electron chi connectivity index (χ3n) is 4.68. The first-order valence-corrected chi connectivity index (χ1v) is 9.63. The van der Waals surface area contributed by atoms with E-state index in [0.717, 1.165) is 18.2 Å². The third-order valence-corrected chi connectivity index (χ3v) is 4.68. The first kappa shape index (κ1) is 22.9. The highest BCUT2D eigenvalue weighted by molar-refractivity contribution is 5.91. The molecule has 8 heteroatoms. The molecule has 0 aliphatic carbocycles. The van der Waals surface area contributed by atoms with Crippen molar-refractivity contribution in [1.82, 2.24) is 0 Å². The van der Waals surface area contributed by atoms with Crippen molar-refractivity contribution in [3.8, 4) is 16.9 Å². The van der Waals surface area contributed by atoms with Crippen LogP contribution >= 0.6 is 0 Å². The first-order chi connectivity index (χ1) is 15.1. The van der Waals surface area contributed by atoms with Crippen LogP contribution in [0.5, 0.6) is 5.75 Å². The van der Waals surface area contributed by atoms with Crippen LogP contribution in [0.2, 0.25) is 0 Å². The van der Waals surface area contributed by atoms with Crippen LogP contribution in [0.15, 0.2) is 72.8 Å². The van der Waals surface area contributed by atoms with Gasteiger partial charge in [0, 0.05) is 18.2 Å². The lowest BCUT2D eigenvalue weighted by atomic mass is 9.99. The summed E-state index contributed by atoms with van der Waals surface area (Å²) in [6, 6.07) is 18.6. The number of amides is 1. The summed E-state index contributed by atoms with van der Waals surface area (Å²) >= 11 is 0. The van der Waals surface area contributed by atoms with Gasteiger partial charge in [0.15, 0.2) is 6.61 Å². The maximum absolute atomic E-state index is 13.3. The summed E-state index contributed by atoms with van der Waals surface area (Å²) in [6.45, 7) is 0.948. The van der Waals surface area contributed by atoms with Crippen molar-refractivity contribution < 1.29 is 32.6 Å². The number of carbonyl (C=O) groups excluding carboxylic acids is 1. The molecule has 3 aromatic carbocycles. The second kappa shape index (κ2) is 9.55. The Morgan fingerprint density at radius 2 is 1.69 bits per heavy atom. The molecule has 0 aliphatic rings. The number of carbonyl (C=O) groups is 2. The number of alkyl halides is 3. The molecule has 0 spiro atoms. The van der Waals surface area contributed by atoms with Crippen LogP contribution in [0.4, 0.5) is 18.9 Å². The highest BCUT2D eigenvalue weighted by Gasteiger charge is 2.31. The van der Waals surface area contributed by atoms with Crippen molar-refractivity contribution in [2.24, 2.45) is 0 Å². The number of halogens is 3. The molecule has 0 aliphatic heterocycles. The quantitative estimate of drug-likeness (QED) is 0.532. The van der Waals surface area contributed by atoms with Gasteiger partial charge in [-0.05, 0) is 47.5 Å². The zero-order valence-corrected chi connectivity index (χ0v) is 17.1. The summed E-state index contributed by atoms with van der Waals surface area (Å²) in [4.78, 5) is 24.6. The Hall–Kier alpha value is -3.81. The summed E-state index contributed by atoms with van der Waals surface area (Å²) in [6.07, 6.45) is -4.57. The summed E-state index contributed by atoms with van der Waals surface area (Å²) in [5, 5.41) is 8.88. The van der Waals surface area contributed by atoms with Crippen molar-refractivity contribution in [2.45, 2.75) is 19.6 Å². The molecular formula is C24H20F3NO4. The Labute approximate surface area is 182 Å². The Bertz CT molecular complexity index is 1110. The predicted molar refractivity (Wildman–Crippen MR) is 113 cm³/mol. The third kappa shape index (κ3) is 5.66. The molecule has 0 heterocycles. The van der Waals surface area contributed by atoms with Gasteiger partial charge in [0.2, 0.25) is 5.91 Å². The molecule has 1 N–H and O–H groups in total. The number of nitrogens with zero attached hydrogens (tertiary/aromatic N) is 1. The number of anilines is 1. The minimum absolute atomic E-state index is 0.0176. The predicted octanol–water partition coefficient (Wildman–Crippen LogP) is 5.39. The SMILES string of the molecule is CC(=O)N(Cc1cccc(-c2cc(C(F)(F)F)ccc2OCC(=O)O)c1)c1ccccc1. The highest BCUT2D eigenvalue weighted by atomic mass is 19.4. The molecule has 1 amide bonds. The summed E-state index contributed by atoms with van der Waals surface area (Å²) in [5.74, 6) is -1.42. The van der Waals surface area contributed by atoms with Crippen molar-refractivity contribution in [1.29, 1.82) is 0 Å². The van der Waals surface area contributed by atoms with E-state index >= 15 is 0 Å². The summed E-state index contributed by atoms with van der Waals surface area (Å²) < 4.78 is 45.1. The molecule has 3 rings (SSSR count). The van der Waals surface area contributed by atoms with Gasteiger partial charge in [0.05, 0.1) is 12.1 Å². The molecule has 5 nitrogen and oxygen atoms in total. The van der Waals surface area contributed by atoms with Crippen molar-refractivity contribution in [2.75, 3.05) is 11.5 Å². The van der Waals surface area contributed by atoms with E-state index in [1.807, 2.05) is 6.07 Å². The standard InChI is InChI=1S/C24H20F3NO4/c1-16(29)28(20-8-3-2-4-9-20)14-17-6-5-7-18(12-17)21-13-19(24(25,26)27)10-11-22(21)32-15-23(30)31/h2-13H,14-15H2,1H3,(H,30,31). The number of hydrogen-bond acceptors (Lipinski definition) is 3. The lowest BCUT2D eigenvalue weighted by molar-refractivity contribution is -0.140. The lowest BCUT2D eigenvalue weighted by Gasteiger charge is -2.22. The molecule has 166 valence electrons. The Balaban J connectivity index is 2.00. The number of ether oxygens (including phenoxy) is 1. The van der Waals surface area contributed by atoms with Gasteiger partial charge in [-0.15, -0.1) is 0 Å². The minimum atomic E-state index is -4.57. The fourth-order valence-electron chi connectivity index (χ4n) is 3.21. The number of rotatable bonds is 7. The van der Waals surface area contributed by atoms with E-state index in [1.165, 1.54) is 6.92 Å². The smallest absolute Gasteiger partial charge is 0.416 e. The zero-order chi connectivity index (χ0) is 23.3. The number of benzene rings is 3. The molecule has 3 aromatic rings. The average molecular weight is 443 g/mol. The van der Waals surface area contributed by atoms with E-state index in [0.29, 0.717) is 16.8 Å². The van der Waals surface area contributed by atoms with E-state index in [4.69, 9.17) is 9.84 Å². The lowest BCUT2D eigenvalue weighted by Crippen LogP contribution is -2.27. The zero-order valence-electron chi connectivity index (χ0n) is 17.1. The van der Waals surface area contributed by atoms with E-state index < -0.39 is 24.3 Å². The van der Waals surface area contributed by atoms with E-state index in [1.54, 1.807) is 53.4 Å². The normalized spacial score (nSPS) is 11.1. The van der Waals surface area contributed by atoms with Gasteiger partial charge in [-0.25, -0.2) is 4.79 Å². The van der Waals surface area contributed by atoms with Crippen LogP contribution in [0.3, 0.4) is 0 Å². The second-order valence-corrected chi connectivity index (χ2v) is 7.03. The summed E-state index contributed by atoms with van der Waals surface area (Å²) in [7, 11) is 0. The molecule has 0 fully saturated rings. The van der Waals surface area contributed by atoms with Crippen LogP contribution in [-0.4, -0.2) is 23.6 Å². The van der Waals surface area contributed by atoms with Crippen LogP contribution in [0, 0.1) is 0 Å². The number of carboxylic acids is 1. The Kier molecular flexibility index (Phi) is 6.82. The van der Waals surface area contributed by atoms with E-state index in [9.17, 15) is 22.8 Å². The number of carboxylic acid groups (broad SMARTS) is 1. The largest absolute Gasteiger partial charge is 0.481 e. The van der Waals surface area contributed by atoms with Crippen molar-refractivity contribution in [3.05, 3.63) is 83.9 Å². The molecule has 0 bridgehead atoms. The molecule has 0 unspecified atom stereocenters. The fourth-order valence-corrected chi connectivity index (χ4v) is 3.21. The van der Waals surface area contributed by atoms with Gasteiger partial charge >= 0.3 is 12.1 Å². The van der Waals surface area contributed by atoms with Crippen LogP contribution in [0.1, 0.15) is 18.1 Å². The molecule has 0 saturated carbocycles. The van der Waals surface area contributed by atoms with Gasteiger partial charge in [-0.1, -0.05) is 36.4 Å². The topological polar surface area (TPSA) is 66.8 Å². The first-order valence-electron chi connectivity index (χ1n) is 9.63. The monoisotopic (exact) mass is 443 g/mol. The van der Waals surface area contributed by atoms with Gasteiger partial charge in [0.25, 0.3) is 0 Å². The molecule has 32 heavy (non-hydrogen) atoms. The highest BCUT2D eigenvalue weighted by Crippen LogP contribution is 2.37. The van der Waals surface area contributed by atoms with Crippen LogP contribution in [-0.2, 0) is 22.3 Å². The van der Waals surface area contributed by atoms with Crippen molar-refractivity contribution >= 4 is 17.6 Å². The summed E-state index contributed by atoms with van der Waals surface area (Å²) in [5.41, 5.74) is 1.01. The van der Waals surface area contributed by atoms with E-state index in [2.05, 4.69) is 0 Å². The van der Waals surface area contributed by atoms with E-state index in [-0.39, 0.29) is 23.8 Å². The van der Waals surface area contributed by atoms with Gasteiger partial charge < -0.3 is 14.7 Å². The van der Waals surface area contributed by atoms with Gasteiger partial charge in [0.1, 0.15) is 5.75 Å². The molecule has 0 atom stereocenters. The van der Waals surface area contributed by atoms with Gasteiger partial charge in [-0.3, -0.25) is 4.79 Å². The number of hydrogen-bond donors (Lipinski definition) is 1. The fraction of sp³-hybridized carbons (Fsp3) is 0.167. The van der Waals surface area contributed by atoms with Crippen LogP contribution < -0.4 is 9.64 Å². The minimum Gasteiger partial charge on any atom is -0.481 e.